The van der Waals surface area contributed by atoms with Gasteiger partial charge in [-0.2, -0.15) is 0 Å². The van der Waals surface area contributed by atoms with Gasteiger partial charge in [0.05, 0.1) is 0 Å². The van der Waals surface area contributed by atoms with Crippen LogP contribution in [0, 0.1) is 11.3 Å². The summed E-state index contributed by atoms with van der Waals surface area (Å²) >= 11 is 0. The fourth-order valence-electron chi connectivity index (χ4n) is 3.73. The average molecular weight is 288 g/mol. The predicted molar refractivity (Wildman–Crippen MR) is 91.8 cm³/mol. The molecule has 0 heteroatoms. The zero-order valence-corrected chi connectivity index (χ0v) is 14.0. The van der Waals surface area contributed by atoms with Crippen molar-refractivity contribution >= 4 is 0 Å². The summed E-state index contributed by atoms with van der Waals surface area (Å²) in [7, 11) is 0. The van der Waals surface area contributed by atoms with Crippen LogP contribution in [0.3, 0.4) is 0 Å². The molecule has 2 fully saturated rings. The van der Waals surface area contributed by atoms with E-state index in [1.807, 2.05) is 6.92 Å². The van der Waals surface area contributed by atoms with Crippen LogP contribution in [0.4, 0.5) is 0 Å². The molecule has 0 spiro atoms. The number of hydrogen-bond donors (Lipinski definition) is 0. The lowest BCUT2D eigenvalue weighted by molar-refractivity contribution is 0.224. The van der Waals surface area contributed by atoms with Crippen LogP contribution in [-0.2, 0) is 0 Å². The molecule has 0 radical (unpaired) electrons. The molecule has 0 amide bonds. The molecule has 0 heterocycles. The Hall–Kier alpha value is -0.780. The second-order valence-electron chi connectivity index (χ2n) is 7.91. The summed E-state index contributed by atoms with van der Waals surface area (Å²) in [5.74, 6) is -1.34. The van der Waals surface area contributed by atoms with Crippen molar-refractivity contribution in [3.8, 4) is 0 Å². The Labute approximate surface area is 135 Å². The molecule has 0 N–H and O–H groups in total. The van der Waals surface area contributed by atoms with E-state index in [0.717, 1.165) is 62.5 Å². The Kier molecular flexibility index (Phi) is 3.44. The van der Waals surface area contributed by atoms with Crippen molar-refractivity contribution < 1.29 is 4.11 Å². The second-order valence-corrected chi connectivity index (χ2v) is 7.91. The van der Waals surface area contributed by atoms with E-state index >= 15 is 0 Å². The zero-order chi connectivity index (χ0) is 17.6. The molecule has 1 aromatic carbocycles. The summed E-state index contributed by atoms with van der Waals surface area (Å²) in [6.45, 7) is 6.61. The van der Waals surface area contributed by atoms with Gasteiger partial charge in [-0.15, -0.1) is 0 Å². The molecule has 21 heavy (non-hydrogen) atoms. The highest BCUT2D eigenvalue weighted by Crippen LogP contribution is 2.43. The van der Waals surface area contributed by atoms with E-state index in [0.29, 0.717) is 5.41 Å². The lowest BCUT2D eigenvalue weighted by atomic mass is 9.71. The number of hydrogen-bond acceptors (Lipinski definition) is 0. The minimum Gasteiger partial charge on any atom is -0.0625 e. The molecular formula is C21H32. The summed E-state index contributed by atoms with van der Waals surface area (Å²) < 4.78 is 25.9. The third kappa shape index (κ3) is 3.71. The van der Waals surface area contributed by atoms with Gasteiger partial charge in [0.15, 0.2) is 0 Å². The molecule has 3 rings (SSSR count). The summed E-state index contributed by atoms with van der Waals surface area (Å²) in [4.78, 5) is 0. The first-order valence-corrected chi connectivity index (χ1v) is 8.65. The van der Waals surface area contributed by atoms with E-state index in [2.05, 4.69) is 38.1 Å². The molecule has 2 saturated carbocycles. The van der Waals surface area contributed by atoms with Crippen molar-refractivity contribution in [2.75, 3.05) is 0 Å². The van der Waals surface area contributed by atoms with E-state index in [1.165, 1.54) is 0 Å². The van der Waals surface area contributed by atoms with E-state index in [-0.39, 0.29) is 5.89 Å². The Morgan fingerprint density at radius 1 is 0.810 bits per heavy atom. The van der Waals surface area contributed by atoms with E-state index in [1.54, 1.807) is 0 Å². The highest BCUT2D eigenvalue weighted by Gasteiger charge is 2.27. The third-order valence-electron chi connectivity index (χ3n) is 5.62. The van der Waals surface area contributed by atoms with Crippen molar-refractivity contribution in [3.05, 3.63) is 35.4 Å². The quantitative estimate of drug-likeness (QED) is 0.570. The Morgan fingerprint density at radius 2 is 1.24 bits per heavy atom. The lowest BCUT2D eigenvalue weighted by Gasteiger charge is -2.34. The van der Waals surface area contributed by atoms with Crippen LogP contribution < -0.4 is 0 Å². The van der Waals surface area contributed by atoms with Gasteiger partial charge in [-0.05, 0) is 72.7 Å². The Bertz CT molecular complexity index is 513. The van der Waals surface area contributed by atoms with Crippen LogP contribution in [0.5, 0.6) is 0 Å². The highest BCUT2D eigenvalue weighted by molar-refractivity contribution is 5.28. The van der Waals surface area contributed by atoms with Crippen LogP contribution in [0.25, 0.3) is 0 Å². The van der Waals surface area contributed by atoms with Crippen molar-refractivity contribution in [3.63, 3.8) is 0 Å². The molecule has 0 bridgehead atoms. The SMILES string of the molecule is [2H]C1(C)CCC([2H])(c2ccc(C3([2H])CCC(C)(C)CC3)cc2)CC1. The minimum absolute atomic E-state index is 0.357. The molecule has 116 valence electrons. The van der Waals surface area contributed by atoms with Gasteiger partial charge >= 0.3 is 0 Å². The molecule has 0 saturated heterocycles. The number of rotatable bonds is 2. The maximum Gasteiger partial charge on any atom is 0.0352 e. The van der Waals surface area contributed by atoms with Crippen LogP contribution in [0.2, 0.25) is 0 Å². The number of benzene rings is 1. The first kappa shape index (κ1) is 11.7. The zero-order valence-electron chi connectivity index (χ0n) is 17.0. The fraction of sp³-hybridized carbons (Fsp3) is 0.714. The predicted octanol–water partition coefficient (Wildman–Crippen LogP) is 6.66. The summed E-state index contributed by atoms with van der Waals surface area (Å²) in [5.41, 5.74) is 2.56. The van der Waals surface area contributed by atoms with Crippen LogP contribution >= 0.6 is 0 Å². The van der Waals surface area contributed by atoms with E-state index in [4.69, 9.17) is 4.11 Å². The third-order valence-corrected chi connectivity index (χ3v) is 5.62. The monoisotopic (exact) mass is 287 g/mol. The summed E-state index contributed by atoms with van der Waals surface area (Å²) in [6, 6.07) is 8.38. The van der Waals surface area contributed by atoms with Gasteiger partial charge in [-0.25, -0.2) is 0 Å². The maximum absolute atomic E-state index is 8.88. The van der Waals surface area contributed by atoms with Gasteiger partial charge in [0.1, 0.15) is 0 Å². The van der Waals surface area contributed by atoms with Crippen molar-refractivity contribution in [1.82, 2.24) is 0 Å². The lowest BCUT2D eigenvalue weighted by Crippen LogP contribution is -2.20. The largest absolute Gasteiger partial charge is 0.0625 e. The van der Waals surface area contributed by atoms with Gasteiger partial charge < -0.3 is 0 Å². The first-order valence-electron chi connectivity index (χ1n) is 10.1. The molecule has 0 atom stereocenters. The Morgan fingerprint density at radius 3 is 1.71 bits per heavy atom. The summed E-state index contributed by atoms with van der Waals surface area (Å²) in [6.07, 6.45) is 7.24. The van der Waals surface area contributed by atoms with E-state index < -0.39 is 11.8 Å². The van der Waals surface area contributed by atoms with Crippen LogP contribution in [-0.4, -0.2) is 0 Å². The van der Waals surface area contributed by atoms with Crippen molar-refractivity contribution in [2.45, 2.75) is 83.9 Å². The second kappa shape index (κ2) is 6.15. The van der Waals surface area contributed by atoms with E-state index in [9.17, 15) is 0 Å². The van der Waals surface area contributed by atoms with Crippen molar-refractivity contribution in [1.29, 1.82) is 0 Å². The van der Waals surface area contributed by atoms with Gasteiger partial charge in [0.2, 0.25) is 0 Å². The molecule has 2 aliphatic rings. The molecule has 0 aliphatic heterocycles. The van der Waals surface area contributed by atoms with Gasteiger partial charge in [0, 0.05) is 4.11 Å². The standard InChI is InChI=1S/C21H32/c1-16-4-6-17(7-5-16)18-8-10-19(11-9-18)20-12-14-21(2,3)15-13-20/h8-11,16-17,20H,4-7,12-15H2,1-3H3/i16D,17D,20D. The fourth-order valence-corrected chi connectivity index (χ4v) is 3.73. The minimum atomic E-state index is -0.539. The average Bonchev–Trinajstić information content (AvgIpc) is 2.54. The maximum atomic E-state index is 8.88. The van der Waals surface area contributed by atoms with Gasteiger partial charge in [0.25, 0.3) is 0 Å². The van der Waals surface area contributed by atoms with Gasteiger partial charge in [-0.1, -0.05) is 57.9 Å². The molecule has 0 nitrogen and oxygen atoms in total. The van der Waals surface area contributed by atoms with Crippen LogP contribution in [0.1, 0.15) is 99.2 Å². The highest BCUT2D eigenvalue weighted by atomic mass is 14.3. The molecule has 2 aliphatic carbocycles. The van der Waals surface area contributed by atoms with Crippen molar-refractivity contribution in [2.24, 2.45) is 11.3 Å². The Balaban J connectivity index is 1.74. The van der Waals surface area contributed by atoms with Crippen LogP contribution in [0.15, 0.2) is 24.3 Å². The normalized spacial score (nSPS) is 40.8. The van der Waals surface area contributed by atoms with Gasteiger partial charge in [-0.3, -0.25) is 0 Å². The smallest absolute Gasteiger partial charge is 0.0352 e. The molecule has 0 unspecified atom stereocenters. The molecule has 1 aromatic rings. The molecule has 0 aromatic heterocycles. The topological polar surface area (TPSA) is 0 Å². The first-order chi connectivity index (χ1) is 11.0. The summed E-state index contributed by atoms with van der Waals surface area (Å²) in [5, 5.41) is 0. The molecular weight excluding hydrogens is 252 g/mol.